The number of esters is 1. The minimum absolute atomic E-state index is 0.335. The summed E-state index contributed by atoms with van der Waals surface area (Å²) in [6, 6.07) is 8.88. The number of nitrogens with zero attached hydrogens (tertiary/aromatic N) is 2. The lowest BCUT2D eigenvalue weighted by Gasteiger charge is -2.23. The summed E-state index contributed by atoms with van der Waals surface area (Å²) in [5.74, 6) is -0.830. The van der Waals surface area contributed by atoms with Gasteiger partial charge in [-0.1, -0.05) is 0 Å². The molecule has 1 aromatic carbocycles. The molecular formula is C16H19N3O3. The van der Waals surface area contributed by atoms with Crippen molar-refractivity contribution in [3.05, 3.63) is 47.8 Å². The second-order valence-electron chi connectivity index (χ2n) is 5.52. The minimum atomic E-state index is -1.08. The quantitative estimate of drug-likeness (QED) is 0.875. The van der Waals surface area contributed by atoms with E-state index in [0.717, 1.165) is 11.4 Å². The van der Waals surface area contributed by atoms with Crippen LogP contribution >= 0.6 is 0 Å². The van der Waals surface area contributed by atoms with Crippen molar-refractivity contribution in [3.63, 3.8) is 0 Å². The van der Waals surface area contributed by atoms with Gasteiger partial charge in [0.2, 0.25) is 0 Å². The second kappa shape index (κ2) is 6.01. The fourth-order valence-corrected chi connectivity index (χ4v) is 1.99. The maximum absolute atomic E-state index is 12.2. The Morgan fingerprint density at radius 3 is 2.32 bits per heavy atom. The fourth-order valence-electron chi connectivity index (χ4n) is 1.99. The van der Waals surface area contributed by atoms with Crippen LogP contribution in [-0.2, 0) is 9.53 Å². The van der Waals surface area contributed by atoms with E-state index < -0.39 is 11.5 Å². The molecular weight excluding hydrogens is 282 g/mol. The van der Waals surface area contributed by atoms with Crippen molar-refractivity contribution in [1.29, 1.82) is 0 Å². The summed E-state index contributed by atoms with van der Waals surface area (Å²) < 4.78 is 6.40. The van der Waals surface area contributed by atoms with Gasteiger partial charge in [-0.2, -0.15) is 5.10 Å². The molecule has 1 amide bonds. The zero-order chi connectivity index (χ0) is 16.3. The summed E-state index contributed by atoms with van der Waals surface area (Å²) in [6.45, 7) is 5.10. The third-order valence-electron chi connectivity index (χ3n) is 3.24. The van der Waals surface area contributed by atoms with E-state index in [9.17, 15) is 9.59 Å². The van der Waals surface area contributed by atoms with Crippen molar-refractivity contribution in [3.8, 4) is 5.69 Å². The number of benzene rings is 1. The van der Waals surface area contributed by atoms with Crippen LogP contribution in [-0.4, -0.2) is 34.3 Å². The molecule has 0 bridgehead atoms. The molecule has 116 valence electrons. The third kappa shape index (κ3) is 3.33. The van der Waals surface area contributed by atoms with Gasteiger partial charge in [0.15, 0.2) is 0 Å². The van der Waals surface area contributed by atoms with Gasteiger partial charge in [0.1, 0.15) is 5.54 Å². The topological polar surface area (TPSA) is 73.2 Å². The first kappa shape index (κ1) is 15.8. The molecule has 0 aliphatic carbocycles. The third-order valence-corrected chi connectivity index (χ3v) is 3.24. The molecule has 1 heterocycles. The zero-order valence-corrected chi connectivity index (χ0v) is 13.1. The fraction of sp³-hybridized carbons (Fsp3) is 0.312. The molecule has 0 atom stereocenters. The molecule has 1 N–H and O–H groups in total. The maximum atomic E-state index is 12.2. The van der Waals surface area contributed by atoms with Gasteiger partial charge >= 0.3 is 5.97 Å². The van der Waals surface area contributed by atoms with E-state index >= 15 is 0 Å². The highest BCUT2D eigenvalue weighted by molar-refractivity contribution is 5.98. The van der Waals surface area contributed by atoms with E-state index in [2.05, 4.69) is 15.2 Å². The molecule has 0 fully saturated rings. The number of methoxy groups -OCH3 is 1. The average Bonchev–Trinajstić information content (AvgIpc) is 2.92. The lowest BCUT2D eigenvalue weighted by atomic mass is 10.0. The largest absolute Gasteiger partial charge is 0.467 e. The number of nitrogens with one attached hydrogen (secondary N) is 1. The van der Waals surface area contributed by atoms with Crippen molar-refractivity contribution in [2.45, 2.75) is 26.3 Å². The van der Waals surface area contributed by atoms with Crippen LogP contribution in [0.3, 0.4) is 0 Å². The van der Waals surface area contributed by atoms with Crippen molar-refractivity contribution in [2.24, 2.45) is 0 Å². The van der Waals surface area contributed by atoms with Crippen molar-refractivity contribution in [1.82, 2.24) is 15.1 Å². The predicted molar refractivity (Wildman–Crippen MR) is 81.9 cm³/mol. The summed E-state index contributed by atoms with van der Waals surface area (Å²) in [5, 5.41) is 6.95. The molecule has 0 radical (unpaired) electrons. The second-order valence-corrected chi connectivity index (χ2v) is 5.52. The Morgan fingerprint density at radius 1 is 1.18 bits per heavy atom. The number of ether oxygens (including phenoxy) is 1. The standard InChI is InChI=1S/C16H19N3O3/c1-11-9-10-19(18-11)13-7-5-12(6-8-13)14(20)17-16(2,3)15(21)22-4/h5-10H,1-4H3,(H,17,20). The van der Waals surface area contributed by atoms with Crippen LogP contribution in [0.15, 0.2) is 36.5 Å². The van der Waals surface area contributed by atoms with E-state index in [-0.39, 0.29) is 5.91 Å². The van der Waals surface area contributed by atoms with E-state index in [4.69, 9.17) is 0 Å². The van der Waals surface area contributed by atoms with Crippen molar-refractivity contribution in [2.75, 3.05) is 7.11 Å². The van der Waals surface area contributed by atoms with E-state index in [1.807, 2.05) is 19.2 Å². The zero-order valence-electron chi connectivity index (χ0n) is 13.1. The van der Waals surface area contributed by atoms with Crippen molar-refractivity contribution < 1.29 is 14.3 Å². The van der Waals surface area contributed by atoms with Crippen molar-refractivity contribution >= 4 is 11.9 Å². The number of carbonyl (C=O) groups excluding carboxylic acids is 2. The highest BCUT2D eigenvalue weighted by atomic mass is 16.5. The van der Waals surface area contributed by atoms with Crippen LogP contribution in [0.5, 0.6) is 0 Å². The first-order chi connectivity index (χ1) is 10.3. The minimum Gasteiger partial charge on any atom is -0.467 e. The predicted octanol–water partition coefficient (Wildman–Crippen LogP) is 1.86. The molecule has 6 nitrogen and oxygen atoms in total. The lowest BCUT2D eigenvalue weighted by Crippen LogP contribution is -2.50. The van der Waals surface area contributed by atoms with Crippen LogP contribution in [0.2, 0.25) is 0 Å². The van der Waals surface area contributed by atoms with Gasteiger partial charge in [-0.05, 0) is 51.1 Å². The number of hydrogen-bond acceptors (Lipinski definition) is 4. The van der Waals surface area contributed by atoms with Gasteiger partial charge in [0, 0.05) is 11.8 Å². The first-order valence-electron chi connectivity index (χ1n) is 6.87. The van der Waals surface area contributed by atoms with Crippen LogP contribution in [0, 0.1) is 6.92 Å². The number of aryl methyl sites for hydroxylation is 1. The number of amides is 1. The Morgan fingerprint density at radius 2 is 1.82 bits per heavy atom. The molecule has 1 aromatic heterocycles. The van der Waals surface area contributed by atoms with Gasteiger partial charge in [-0.25, -0.2) is 9.48 Å². The average molecular weight is 301 g/mol. The lowest BCUT2D eigenvalue weighted by molar-refractivity contribution is -0.146. The van der Waals surface area contributed by atoms with Gasteiger partial charge < -0.3 is 10.1 Å². The molecule has 22 heavy (non-hydrogen) atoms. The Balaban J connectivity index is 2.13. The monoisotopic (exact) mass is 301 g/mol. The smallest absolute Gasteiger partial charge is 0.330 e. The molecule has 0 aliphatic rings. The number of carbonyl (C=O) groups is 2. The number of hydrogen-bond donors (Lipinski definition) is 1. The van der Waals surface area contributed by atoms with Gasteiger partial charge in [0.25, 0.3) is 5.91 Å². The Kier molecular flexibility index (Phi) is 4.30. The summed E-state index contributed by atoms with van der Waals surface area (Å²) in [4.78, 5) is 23.8. The molecule has 6 heteroatoms. The van der Waals surface area contributed by atoms with Crippen LogP contribution in [0.1, 0.15) is 29.9 Å². The molecule has 0 saturated heterocycles. The molecule has 2 rings (SSSR count). The molecule has 0 unspecified atom stereocenters. The normalized spacial score (nSPS) is 11.1. The maximum Gasteiger partial charge on any atom is 0.330 e. The number of aromatic nitrogens is 2. The highest BCUT2D eigenvalue weighted by Crippen LogP contribution is 2.12. The van der Waals surface area contributed by atoms with Gasteiger partial charge in [-0.3, -0.25) is 4.79 Å². The summed E-state index contributed by atoms with van der Waals surface area (Å²) in [5.41, 5.74) is 1.16. The molecule has 0 spiro atoms. The summed E-state index contributed by atoms with van der Waals surface area (Å²) >= 11 is 0. The molecule has 0 saturated carbocycles. The van der Waals surface area contributed by atoms with E-state index in [1.165, 1.54) is 7.11 Å². The Bertz CT molecular complexity index is 687. The highest BCUT2D eigenvalue weighted by Gasteiger charge is 2.30. The van der Waals surface area contributed by atoms with Crippen LogP contribution in [0.4, 0.5) is 0 Å². The van der Waals surface area contributed by atoms with E-state index in [1.54, 1.807) is 42.8 Å². The van der Waals surface area contributed by atoms with Crippen LogP contribution < -0.4 is 5.32 Å². The molecule has 2 aromatic rings. The Hall–Kier alpha value is -2.63. The summed E-state index contributed by atoms with van der Waals surface area (Å²) in [6.07, 6.45) is 1.85. The Labute approximate surface area is 129 Å². The van der Waals surface area contributed by atoms with Gasteiger partial charge in [0.05, 0.1) is 18.5 Å². The first-order valence-corrected chi connectivity index (χ1v) is 6.87. The van der Waals surface area contributed by atoms with Gasteiger partial charge in [-0.15, -0.1) is 0 Å². The SMILES string of the molecule is COC(=O)C(C)(C)NC(=O)c1ccc(-n2ccc(C)n2)cc1. The number of rotatable bonds is 4. The van der Waals surface area contributed by atoms with Crippen LogP contribution in [0.25, 0.3) is 5.69 Å². The van der Waals surface area contributed by atoms with E-state index in [0.29, 0.717) is 5.56 Å². The summed E-state index contributed by atoms with van der Waals surface area (Å²) in [7, 11) is 1.29. The molecule has 0 aliphatic heterocycles.